The lowest BCUT2D eigenvalue weighted by atomic mass is 10.1. The molecule has 36 heavy (non-hydrogen) atoms. The molecule has 10 heteroatoms. The van der Waals surface area contributed by atoms with Crippen molar-refractivity contribution < 1.29 is 22.4 Å². The molecule has 0 fully saturated rings. The van der Waals surface area contributed by atoms with Crippen LogP contribution >= 0.6 is 11.6 Å². The molecule has 0 spiro atoms. The van der Waals surface area contributed by atoms with Crippen LogP contribution in [0.15, 0.2) is 77.7 Å². The lowest BCUT2D eigenvalue weighted by molar-refractivity contribution is -0.139. The van der Waals surface area contributed by atoms with E-state index < -0.39 is 40.2 Å². The van der Waals surface area contributed by atoms with Crippen molar-refractivity contribution in [2.24, 2.45) is 0 Å². The van der Waals surface area contributed by atoms with E-state index in [1.165, 1.54) is 50.4 Å². The molecule has 1 atom stereocenters. The second-order valence-electron chi connectivity index (χ2n) is 8.16. The molecule has 2 amide bonds. The van der Waals surface area contributed by atoms with Crippen LogP contribution in [-0.2, 0) is 26.2 Å². The Morgan fingerprint density at radius 1 is 1.03 bits per heavy atom. The zero-order valence-electron chi connectivity index (χ0n) is 20.1. The Balaban J connectivity index is 2.06. The molecular weight excluding hydrogens is 505 g/mol. The van der Waals surface area contributed by atoms with Crippen molar-refractivity contribution in [2.75, 3.05) is 17.9 Å². The third-order valence-electron chi connectivity index (χ3n) is 5.77. The summed E-state index contributed by atoms with van der Waals surface area (Å²) in [5.74, 6) is -1.71. The van der Waals surface area contributed by atoms with Gasteiger partial charge in [0, 0.05) is 24.2 Å². The standard InChI is InChI=1S/C26H27ClFN3O4S/c1-18-13-14-21(15-23(18)27)31(36(34,35)22-10-5-4-6-11-22)17-25(32)30(19(2)26(33)29-3)16-20-9-7-8-12-24(20)28/h4-15,19H,16-17H2,1-3H3,(H,29,33). The van der Waals surface area contributed by atoms with Crippen LogP contribution in [0, 0.1) is 12.7 Å². The van der Waals surface area contributed by atoms with Crippen LogP contribution in [0.2, 0.25) is 5.02 Å². The van der Waals surface area contributed by atoms with E-state index in [1.807, 2.05) is 0 Å². The first-order valence-electron chi connectivity index (χ1n) is 11.1. The van der Waals surface area contributed by atoms with Gasteiger partial charge in [0.2, 0.25) is 11.8 Å². The van der Waals surface area contributed by atoms with E-state index in [-0.39, 0.29) is 22.7 Å². The lowest BCUT2D eigenvalue weighted by Crippen LogP contribution is -2.50. The van der Waals surface area contributed by atoms with Crippen molar-refractivity contribution in [1.82, 2.24) is 10.2 Å². The van der Waals surface area contributed by atoms with Gasteiger partial charge in [-0.3, -0.25) is 13.9 Å². The van der Waals surface area contributed by atoms with Crippen molar-refractivity contribution >= 4 is 39.1 Å². The van der Waals surface area contributed by atoms with Gasteiger partial charge in [-0.1, -0.05) is 54.1 Å². The highest BCUT2D eigenvalue weighted by Crippen LogP contribution is 2.28. The maximum absolute atomic E-state index is 14.4. The van der Waals surface area contributed by atoms with E-state index >= 15 is 0 Å². The number of nitrogens with one attached hydrogen (secondary N) is 1. The zero-order valence-corrected chi connectivity index (χ0v) is 21.7. The van der Waals surface area contributed by atoms with Gasteiger partial charge in [0.15, 0.2) is 0 Å². The number of hydrogen-bond acceptors (Lipinski definition) is 4. The van der Waals surface area contributed by atoms with Crippen molar-refractivity contribution in [3.05, 3.63) is 94.8 Å². The summed E-state index contributed by atoms with van der Waals surface area (Å²) in [6.45, 7) is 2.41. The van der Waals surface area contributed by atoms with Crippen LogP contribution < -0.4 is 9.62 Å². The topological polar surface area (TPSA) is 86.8 Å². The van der Waals surface area contributed by atoms with Crippen molar-refractivity contribution in [1.29, 1.82) is 0 Å². The Morgan fingerprint density at radius 2 is 1.67 bits per heavy atom. The number of carbonyl (C=O) groups excluding carboxylic acids is 2. The number of likely N-dealkylation sites (N-methyl/N-ethyl adjacent to an activating group) is 1. The third-order valence-corrected chi connectivity index (χ3v) is 7.96. The number of benzene rings is 3. The van der Waals surface area contributed by atoms with Crippen LogP contribution in [0.1, 0.15) is 18.1 Å². The fourth-order valence-electron chi connectivity index (χ4n) is 3.59. The molecular formula is C26H27ClFN3O4S. The summed E-state index contributed by atoms with van der Waals surface area (Å²) < 4.78 is 42.6. The number of anilines is 1. The van der Waals surface area contributed by atoms with Crippen LogP contribution in [0.5, 0.6) is 0 Å². The number of sulfonamides is 1. The van der Waals surface area contributed by atoms with E-state index in [9.17, 15) is 22.4 Å². The minimum absolute atomic E-state index is 0.0190. The minimum atomic E-state index is -4.19. The summed E-state index contributed by atoms with van der Waals surface area (Å²) in [5.41, 5.74) is 1.11. The van der Waals surface area contributed by atoms with E-state index in [4.69, 9.17) is 11.6 Å². The molecule has 0 saturated carbocycles. The van der Waals surface area contributed by atoms with Crippen molar-refractivity contribution in [2.45, 2.75) is 31.3 Å². The van der Waals surface area contributed by atoms with Gasteiger partial charge in [0.25, 0.3) is 10.0 Å². The number of amides is 2. The Kier molecular flexibility index (Phi) is 8.70. The smallest absolute Gasteiger partial charge is 0.264 e. The van der Waals surface area contributed by atoms with Crippen LogP contribution in [0.4, 0.5) is 10.1 Å². The van der Waals surface area contributed by atoms with E-state index in [0.29, 0.717) is 5.02 Å². The fraction of sp³-hybridized carbons (Fsp3) is 0.231. The fourth-order valence-corrected chi connectivity index (χ4v) is 5.19. The second kappa shape index (κ2) is 11.5. The maximum Gasteiger partial charge on any atom is 0.264 e. The predicted molar refractivity (Wildman–Crippen MR) is 138 cm³/mol. The molecule has 0 aliphatic carbocycles. The highest BCUT2D eigenvalue weighted by molar-refractivity contribution is 7.92. The van der Waals surface area contributed by atoms with Crippen LogP contribution in [0.3, 0.4) is 0 Å². The summed E-state index contributed by atoms with van der Waals surface area (Å²) in [6.07, 6.45) is 0. The normalized spacial score (nSPS) is 12.0. The highest BCUT2D eigenvalue weighted by Gasteiger charge is 2.32. The molecule has 190 valence electrons. The Hall–Kier alpha value is -3.43. The van der Waals surface area contributed by atoms with E-state index in [2.05, 4.69) is 5.32 Å². The Bertz CT molecular complexity index is 1350. The number of nitrogens with zero attached hydrogens (tertiary/aromatic N) is 2. The molecule has 0 aliphatic rings. The second-order valence-corrected chi connectivity index (χ2v) is 10.4. The minimum Gasteiger partial charge on any atom is -0.357 e. The summed E-state index contributed by atoms with van der Waals surface area (Å²) in [7, 11) is -2.77. The molecule has 3 aromatic carbocycles. The SMILES string of the molecule is CNC(=O)C(C)N(Cc1ccccc1F)C(=O)CN(c1ccc(C)c(Cl)c1)S(=O)(=O)c1ccccc1. The van der Waals surface area contributed by atoms with Gasteiger partial charge in [-0.2, -0.15) is 0 Å². The molecule has 0 bridgehead atoms. The summed E-state index contributed by atoms with van der Waals surface area (Å²) in [5, 5.41) is 2.81. The zero-order chi connectivity index (χ0) is 26.5. The monoisotopic (exact) mass is 531 g/mol. The first-order valence-corrected chi connectivity index (χ1v) is 13.0. The average Bonchev–Trinajstić information content (AvgIpc) is 2.87. The Labute approximate surface area is 215 Å². The van der Waals surface area contributed by atoms with Crippen molar-refractivity contribution in [3.63, 3.8) is 0 Å². The molecule has 1 unspecified atom stereocenters. The quantitative estimate of drug-likeness (QED) is 0.449. The summed E-state index contributed by atoms with van der Waals surface area (Å²) >= 11 is 6.28. The van der Waals surface area contributed by atoms with Crippen LogP contribution in [-0.4, -0.2) is 44.8 Å². The molecule has 0 saturated heterocycles. The number of halogens is 2. The summed E-state index contributed by atoms with van der Waals surface area (Å²) in [6, 6.07) is 17.2. The number of carbonyl (C=O) groups is 2. The van der Waals surface area contributed by atoms with Crippen LogP contribution in [0.25, 0.3) is 0 Å². The largest absolute Gasteiger partial charge is 0.357 e. The van der Waals surface area contributed by atoms with Gasteiger partial charge >= 0.3 is 0 Å². The lowest BCUT2D eigenvalue weighted by Gasteiger charge is -2.32. The number of aryl methyl sites for hydroxylation is 1. The molecule has 0 heterocycles. The average molecular weight is 532 g/mol. The number of hydrogen-bond donors (Lipinski definition) is 1. The Morgan fingerprint density at radius 3 is 2.28 bits per heavy atom. The number of rotatable bonds is 9. The third kappa shape index (κ3) is 6.03. The molecule has 0 radical (unpaired) electrons. The van der Waals surface area contributed by atoms with Gasteiger partial charge in [0.1, 0.15) is 18.4 Å². The van der Waals surface area contributed by atoms with Gasteiger partial charge in [-0.25, -0.2) is 12.8 Å². The van der Waals surface area contributed by atoms with Gasteiger partial charge in [-0.05, 0) is 49.7 Å². The molecule has 0 aromatic heterocycles. The predicted octanol–water partition coefficient (Wildman–Crippen LogP) is 4.15. The van der Waals surface area contributed by atoms with E-state index in [0.717, 1.165) is 14.8 Å². The molecule has 3 rings (SSSR count). The van der Waals surface area contributed by atoms with E-state index in [1.54, 1.807) is 43.3 Å². The summed E-state index contributed by atoms with van der Waals surface area (Å²) in [4.78, 5) is 27.2. The molecule has 7 nitrogen and oxygen atoms in total. The van der Waals surface area contributed by atoms with Gasteiger partial charge in [-0.15, -0.1) is 0 Å². The highest BCUT2D eigenvalue weighted by atomic mass is 35.5. The first kappa shape index (κ1) is 27.2. The maximum atomic E-state index is 14.4. The van der Waals surface area contributed by atoms with Gasteiger partial charge in [0.05, 0.1) is 10.6 Å². The first-order chi connectivity index (χ1) is 17.1. The van der Waals surface area contributed by atoms with Crippen molar-refractivity contribution in [3.8, 4) is 0 Å². The van der Waals surface area contributed by atoms with Gasteiger partial charge < -0.3 is 10.2 Å². The molecule has 3 aromatic rings. The molecule has 0 aliphatic heterocycles. The molecule has 1 N–H and O–H groups in total.